The van der Waals surface area contributed by atoms with Gasteiger partial charge in [0.05, 0.1) is 6.61 Å². The lowest BCUT2D eigenvalue weighted by Gasteiger charge is -2.37. The molecule has 0 radical (unpaired) electrons. The molecule has 134 valence electrons. The van der Waals surface area contributed by atoms with E-state index >= 15 is 0 Å². The fourth-order valence-corrected chi connectivity index (χ4v) is 3.31. The summed E-state index contributed by atoms with van der Waals surface area (Å²) in [5, 5.41) is 0. The first kappa shape index (κ1) is 18.8. The van der Waals surface area contributed by atoms with Gasteiger partial charge in [0.2, 0.25) is 0 Å². The highest BCUT2D eigenvalue weighted by Gasteiger charge is 2.18. The van der Waals surface area contributed by atoms with Gasteiger partial charge in [-0.05, 0) is 57.4 Å². The van der Waals surface area contributed by atoms with E-state index < -0.39 is 0 Å². The number of piperazine rings is 1. The topological polar surface area (TPSA) is 32.8 Å². The molecule has 0 aliphatic carbocycles. The number of hydrogen-bond acceptors (Lipinski definition) is 4. The normalized spacial score (nSPS) is 15.5. The molecule has 1 aromatic rings. The van der Waals surface area contributed by atoms with E-state index in [2.05, 4.69) is 41.8 Å². The molecule has 1 saturated heterocycles. The van der Waals surface area contributed by atoms with Gasteiger partial charge in [0, 0.05) is 38.3 Å². The number of carbonyl (C=O) groups excluding carboxylic acids is 1. The molecule has 24 heavy (non-hydrogen) atoms. The van der Waals surface area contributed by atoms with Crippen LogP contribution >= 0.6 is 0 Å². The Labute approximate surface area is 146 Å². The molecule has 0 amide bonds. The van der Waals surface area contributed by atoms with Gasteiger partial charge in [0.15, 0.2) is 0 Å². The Morgan fingerprint density at radius 2 is 1.83 bits per heavy atom. The van der Waals surface area contributed by atoms with Crippen molar-refractivity contribution in [3.8, 4) is 0 Å². The minimum absolute atomic E-state index is 0.0559. The Balaban J connectivity index is 1.64. The molecule has 1 fully saturated rings. The number of anilines is 1. The first-order valence-corrected chi connectivity index (χ1v) is 9.31. The second kappa shape index (κ2) is 9.67. The lowest BCUT2D eigenvalue weighted by atomic mass is 10.1. The van der Waals surface area contributed by atoms with Crippen LogP contribution in [0.25, 0.3) is 0 Å². The Morgan fingerprint density at radius 3 is 2.54 bits per heavy atom. The summed E-state index contributed by atoms with van der Waals surface area (Å²) in [4.78, 5) is 16.4. The van der Waals surface area contributed by atoms with Crippen molar-refractivity contribution in [1.29, 1.82) is 0 Å². The first-order valence-electron chi connectivity index (χ1n) is 9.31. The van der Waals surface area contributed by atoms with Gasteiger partial charge in [-0.15, -0.1) is 0 Å². The molecule has 0 N–H and O–H groups in total. The van der Waals surface area contributed by atoms with Gasteiger partial charge in [0.25, 0.3) is 0 Å². The lowest BCUT2D eigenvalue weighted by molar-refractivity contribution is -0.143. The average Bonchev–Trinajstić information content (AvgIpc) is 2.58. The molecule has 2 rings (SSSR count). The number of rotatable bonds is 8. The van der Waals surface area contributed by atoms with Crippen LogP contribution in [-0.2, 0) is 9.53 Å². The number of hydrogen-bond donors (Lipinski definition) is 0. The number of carbonyl (C=O) groups is 1. The molecule has 0 bridgehead atoms. The van der Waals surface area contributed by atoms with Crippen LogP contribution in [0.2, 0.25) is 0 Å². The van der Waals surface area contributed by atoms with E-state index in [4.69, 9.17) is 4.74 Å². The molecular weight excluding hydrogens is 300 g/mol. The van der Waals surface area contributed by atoms with Crippen LogP contribution in [0.5, 0.6) is 0 Å². The van der Waals surface area contributed by atoms with Crippen LogP contribution in [0, 0.1) is 13.8 Å². The molecular formula is C20H32N2O2. The SMILES string of the molecule is CCOC(=O)CCCCCN1CCN(c2cccc(C)c2C)CC1. The summed E-state index contributed by atoms with van der Waals surface area (Å²) in [6.07, 6.45) is 3.79. The van der Waals surface area contributed by atoms with Crippen molar-refractivity contribution in [2.75, 3.05) is 44.2 Å². The minimum Gasteiger partial charge on any atom is -0.466 e. The number of ether oxygens (including phenoxy) is 1. The molecule has 0 aromatic heterocycles. The predicted octanol–water partition coefficient (Wildman–Crippen LogP) is 3.55. The van der Waals surface area contributed by atoms with E-state index in [1.54, 1.807) is 0 Å². The summed E-state index contributed by atoms with van der Waals surface area (Å²) in [5.74, 6) is -0.0559. The Morgan fingerprint density at radius 1 is 1.08 bits per heavy atom. The zero-order chi connectivity index (χ0) is 17.4. The van der Waals surface area contributed by atoms with Crippen LogP contribution < -0.4 is 4.90 Å². The summed E-state index contributed by atoms with van der Waals surface area (Å²) in [6, 6.07) is 6.59. The maximum atomic E-state index is 11.3. The van der Waals surface area contributed by atoms with Crippen LogP contribution in [0.4, 0.5) is 5.69 Å². The highest BCUT2D eigenvalue weighted by atomic mass is 16.5. The van der Waals surface area contributed by atoms with Gasteiger partial charge in [-0.25, -0.2) is 0 Å². The fraction of sp³-hybridized carbons (Fsp3) is 0.650. The second-order valence-corrected chi connectivity index (χ2v) is 6.66. The van der Waals surface area contributed by atoms with Crippen LogP contribution in [0.3, 0.4) is 0 Å². The highest BCUT2D eigenvalue weighted by molar-refractivity contribution is 5.69. The second-order valence-electron chi connectivity index (χ2n) is 6.66. The third-order valence-electron chi connectivity index (χ3n) is 4.95. The summed E-state index contributed by atoms with van der Waals surface area (Å²) in [7, 11) is 0. The summed E-state index contributed by atoms with van der Waals surface area (Å²) >= 11 is 0. The molecule has 0 spiro atoms. The third kappa shape index (κ3) is 5.52. The molecule has 4 heteroatoms. The zero-order valence-corrected chi connectivity index (χ0v) is 15.5. The van der Waals surface area contributed by atoms with Crippen LogP contribution in [0.15, 0.2) is 18.2 Å². The number of nitrogens with zero attached hydrogens (tertiary/aromatic N) is 2. The van der Waals surface area contributed by atoms with Crippen LogP contribution in [0.1, 0.15) is 43.7 Å². The van der Waals surface area contributed by atoms with Crippen molar-refractivity contribution < 1.29 is 9.53 Å². The molecule has 1 aliphatic heterocycles. The maximum Gasteiger partial charge on any atom is 0.305 e. The lowest BCUT2D eigenvalue weighted by Crippen LogP contribution is -2.46. The summed E-state index contributed by atoms with van der Waals surface area (Å²) in [5.41, 5.74) is 4.17. The quantitative estimate of drug-likeness (QED) is 0.538. The maximum absolute atomic E-state index is 11.3. The van der Waals surface area contributed by atoms with Gasteiger partial charge < -0.3 is 9.64 Å². The van der Waals surface area contributed by atoms with E-state index in [9.17, 15) is 4.79 Å². The molecule has 1 heterocycles. The van der Waals surface area contributed by atoms with E-state index in [1.165, 1.54) is 23.2 Å². The third-order valence-corrected chi connectivity index (χ3v) is 4.95. The van der Waals surface area contributed by atoms with Gasteiger partial charge in [-0.1, -0.05) is 18.6 Å². The summed E-state index contributed by atoms with van der Waals surface area (Å²) < 4.78 is 4.96. The Hall–Kier alpha value is -1.55. The number of esters is 1. The Bertz CT molecular complexity index is 522. The van der Waals surface area contributed by atoms with Crippen LogP contribution in [-0.4, -0.2) is 50.2 Å². The monoisotopic (exact) mass is 332 g/mol. The largest absolute Gasteiger partial charge is 0.466 e. The Kier molecular flexibility index (Phi) is 7.57. The number of unbranched alkanes of at least 4 members (excludes halogenated alkanes) is 2. The van der Waals surface area contributed by atoms with Crippen molar-refractivity contribution in [2.24, 2.45) is 0 Å². The van der Waals surface area contributed by atoms with E-state index in [0.29, 0.717) is 13.0 Å². The standard InChI is InChI=1S/C20H32N2O2/c1-4-24-20(23)11-6-5-7-12-21-13-15-22(16-14-21)19-10-8-9-17(2)18(19)3/h8-10H,4-7,11-16H2,1-3H3. The van der Waals surface area contributed by atoms with Crippen molar-refractivity contribution in [2.45, 2.75) is 46.5 Å². The van der Waals surface area contributed by atoms with Crippen molar-refractivity contribution in [3.63, 3.8) is 0 Å². The van der Waals surface area contributed by atoms with Crippen molar-refractivity contribution in [3.05, 3.63) is 29.3 Å². The fourth-order valence-electron chi connectivity index (χ4n) is 3.31. The molecule has 0 saturated carbocycles. The van der Waals surface area contributed by atoms with Gasteiger partial charge in [-0.3, -0.25) is 9.69 Å². The van der Waals surface area contributed by atoms with E-state index in [0.717, 1.165) is 45.6 Å². The van der Waals surface area contributed by atoms with E-state index in [-0.39, 0.29) is 5.97 Å². The average molecular weight is 332 g/mol. The minimum atomic E-state index is -0.0559. The predicted molar refractivity (Wildman–Crippen MR) is 99.7 cm³/mol. The van der Waals surface area contributed by atoms with Gasteiger partial charge in [0.1, 0.15) is 0 Å². The van der Waals surface area contributed by atoms with E-state index in [1.807, 2.05) is 6.92 Å². The first-order chi connectivity index (χ1) is 11.6. The number of benzene rings is 1. The smallest absolute Gasteiger partial charge is 0.305 e. The molecule has 1 aliphatic rings. The summed E-state index contributed by atoms with van der Waals surface area (Å²) in [6.45, 7) is 12.4. The number of aryl methyl sites for hydroxylation is 1. The molecule has 4 nitrogen and oxygen atoms in total. The molecule has 0 atom stereocenters. The molecule has 1 aromatic carbocycles. The highest BCUT2D eigenvalue weighted by Crippen LogP contribution is 2.23. The van der Waals surface area contributed by atoms with Crippen molar-refractivity contribution >= 4 is 11.7 Å². The van der Waals surface area contributed by atoms with Gasteiger partial charge >= 0.3 is 5.97 Å². The molecule has 0 unspecified atom stereocenters. The van der Waals surface area contributed by atoms with Crippen molar-refractivity contribution in [1.82, 2.24) is 4.90 Å². The van der Waals surface area contributed by atoms with Gasteiger partial charge in [-0.2, -0.15) is 0 Å². The zero-order valence-electron chi connectivity index (χ0n) is 15.5.